The summed E-state index contributed by atoms with van der Waals surface area (Å²) in [7, 11) is 0. The monoisotopic (exact) mass is 416 g/mol. The minimum absolute atomic E-state index is 0.122. The zero-order chi connectivity index (χ0) is 22.3. The van der Waals surface area contributed by atoms with Gasteiger partial charge in [-0.15, -0.1) is 5.10 Å². The second-order valence-electron chi connectivity index (χ2n) is 7.94. The molecular weight excluding hydrogens is 392 g/mol. The number of nitrogens with zero attached hydrogens (tertiary/aromatic N) is 5. The zero-order valence-corrected chi connectivity index (χ0v) is 18.2. The second-order valence-corrected chi connectivity index (χ2v) is 7.94. The Bertz CT molecular complexity index is 1360. The van der Waals surface area contributed by atoms with Crippen molar-refractivity contribution >= 4 is 22.8 Å². The molecule has 8 heteroatoms. The maximum absolute atomic E-state index is 12.9. The van der Waals surface area contributed by atoms with Crippen molar-refractivity contribution in [3.05, 3.63) is 74.8 Å². The van der Waals surface area contributed by atoms with Crippen LogP contribution in [0.2, 0.25) is 0 Å². The predicted octanol–water partition coefficient (Wildman–Crippen LogP) is 3.16. The summed E-state index contributed by atoms with van der Waals surface area (Å²) in [5.41, 5.74) is 6.95. The molecule has 0 atom stereocenters. The Hall–Kier alpha value is -3.81. The third-order valence-electron chi connectivity index (χ3n) is 5.42. The van der Waals surface area contributed by atoms with Gasteiger partial charge < -0.3 is 5.32 Å². The van der Waals surface area contributed by atoms with E-state index >= 15 is 0 Å². The van der Waals surface area contributed by atoms with Crippen LogP contribution in [0.1, 0.15) is 27.8 Å². The van der Waals surface area contributed by atoms with E-state index in [1.807, 2.05) is 65.0 Å². The van der Waals surface area contributed by atoms with Crippen LogP contribution in [0.5, 0.6) is 0 Å². The Morgan fingerprint density at radius 3 is 2.35 bits per heavy atom. The van der Waals surface area contributed by atoms with Gasteiger partial charge in [0, 0.05) is 5.69 Å². The number of amides is 1. The number of hydrogen-bond donors (Lipinski definition) is 1. The van der Waals surface area contributed by atoms with E-state index in [0.717, 1.165) is 39.2 Å². The number of aromatic nitrogens is 5. The van der Waals surface area contributed by atoms with Crippen molar-refractivity contribution in [2.24, 2.45) is 0 Å². The maximum Gasteiger partial charge on any atom is 0.284 e. The van der Waals surface area contributed by atoms with Crippen LogP contribution in [-0.2, 0) is 11.3 Å². The van der Waals surface area contributed by atoms with Crippen molar-refractivity contribution in [1.82, 2.24) is 24.5 Å². The first-order valence-corrected chi connectivity index (χ1v) is 10.0. The van der Waals surface area contributed by atoms with Gasteiger partial charge in [0.15, 0.2) is 11.2 Å². The van der Waals surface area contributed by atoms with E-state index in [2.05, 4.69) is 20.6 Å². The van der Waals surface area contributed by atoms with Crippen molar-refractivity contribution in [2.45, 2.75) is 41.2 Å². The van der Waals surface area contributed by atoms with E-state index in [1.54, 1.807) is 0 Å². The van der Waals surface area contributed by atoms with Gasteiger partial charge in [-0.3, -0.25) is 14.2 Å². The largest absolute Gasteiger partial charge is 0.324 e. The van der Waals surface area contributed by atoms with Crippen LogP contribution in [0, 0.1) is 34.6 Å². The molecule has 0 spiro atoms. The highest BCUT2D eigenvalue weighted by Gasteiger charge is 2.16. The minimum Gasteiger partial charge on any atom is -0.324 e. The van der Waals surface area contributed by atoms with Crippen molar-refractivity contribution in [3.8, 4) is 5.69 Å². The molecule has 0 unspecified atom stereocenters. The van der Waals surface area contributed by atoms with Crippen LogP contribution in [0.15, 0.2) is 41.5 Å². The van der Waals surface area contributed by atoms with E-state index in [0.29, 0.717) is 5.65 Å². The van der Waals surface area contributed by atoms with E-state index in [-0.39, 0.29) is 18.0 Å². The fourth-order valence-electron chi connectivity index (χ4n) is 3.70. The first-order chi connectivity index (χ1) is 14.7. The molecule has 0 fully saturated rings. The molecule has 2 heterocycles. The van der Waals surface area contributed by atoms with Crippen LogP contribution in [-0.4, -0.2) is 30.5 Å². The summed E-state index contributed by atoms with van der Waals surface area (Å²) < 4.78 is 2.78. The number of nitrogens with one attached hydrogen (secondary N) is 1. The molecule has 0 radical (unpaired) electrons. The van der Waals surface area contributed by atoms with Crippen LogP contribution in [0.3, 0.4) is 0 Å². The third kappa shape index (κ3) is 3.84. The van der Waals surface area contributed by atoms with E-state index in [1.165, 1.54) is 15.6 Å². The second kappa shape index (κ2) is 7.79. The smallest absolute Gasteiger partial charge is 0.284 e. The lowest BCUT2D eigenvalue weighted by molar-refractivity contribution is -0.116. The Morgan fingerprint density at radius 2 is 1.68 bits per heavy atom. The van der Waals surface area contributed by atoms with Gasteiger partial charge in [0.05, 0.1) is 5.69 Å². The third-order valence-corrected chi connectivity index (χ3v) is 5.42. The summed E-state index contributed by atoms with van der Waals surface area (Å²) in [4.78, 5) is 29.9. The molecule has 1 amide bonds. The number of aryl methyl sites for hydroxylation is 5. The van der Waals surface area contributed by atoms with Gasteiger partial charge in [0.25, 0.3) is 5.56 Å². The van der Waals surface area contributed by atoms with Crippen LogP contribution in [0.4, 0.5) is 5.69 Å². The molecule has 0 bridgehead atoms. The lowest BCUT2D eigenvalue weighted by atomic mass is 10.1. The number of benzene rings is 2. The fraction of sp³-hybridized carbons (Fsp3) is 0.261. The number of hydrogen-bond acceptors (Lipinski definition) is 5. The Kier molecular flexibility index (Phi) is 5.14. The molecule has 8 nitrogen and oxygen atoms in total. The van der Waals surface area contributed by atoms with Gasteiger partial charge in [0.2, 0.25) is 5.91 Å². The standard InChI is InChI=1S/C23H24N6O2/c1-13-8-16(4)20(17(5)9-13)25-19(30)11-28-12-24-22-21(23(28)31)26-27-29(22)18-7-6-14(2)15(3)10-18/h6-10,12H,11H2,1-5H3,(H,25,30). The van der Waals surface area contributed by atoms with Crippen molar-refractivity contribution in [1.29, 1.82) is 0 Å². The first-order valence-electron chi connectivity index (χ1n) is 10.0. The Morgan fingerprint density at radius 1 is 0.968 bits per heavy atom. The lowest BCUT2D eigenvalue weighted by Crippen LogP contribution is -2.28. The lowest BCUT2D eigenvalue weighted by Gasteiger charge is -2.13. The summed E-state index contributed by atoms with van der Waals surface area (Å²) in [6.45, 7) is 9.78. The molecule has 0 aliphatic heterocycles. The Labute approximate surface area is 179 Å². The van der Waals surface area contributed by atoms with Crippen molar-refractivity contribution in [3.63, 3.8) is 0 Å². The number of anilines is 1. The molecule has 4 aromatic rings. The number of carbonyl (C=O) groups is 1. The molecule has 1 N–H and O–H groups in total. The van der Waals surface area contributed by atoms with Gasteiger partial charge in [-0.05, 0) is 69.0 Å². The van der Waals surface area contributed by atoms with Gasteiger partial charge in [-0.2, -0.15) is 4.68 Å². The van der Waals surface area contributed by atoms with Crippen molar-refractivity contribution < 1.29 is 4.79 Å². The van der Waals surface area contributed by atoms with Crippen molar-refractivity contribution in [2.75, 3.05) is 5.32 Å². The van der Waals surface area contributed by atoms with Gasteiger partial charge in [0.1, 0.15) is 12.9 Å². The molecule has 31 heavy (non-hydrogen) atoms. The molecule has 2 aromatic heterocycles. The molecule has 0 saturated carbocycles. The number of fused-ring (bicyclic) bond motifs is 1. The summed E-state index contributed by atoms with van der Waals surface area (Å²) in [5.74, 6) is -0.306. The highest BCUT2D eigenvalue weighted by atomic mass is 16.2. The molecule has 158 valence electrons. The summed E-state index contributed by atoms with van der Waals surface area (Å²) in [6.07, 6.45) is 1.36. The average molecular weight is 416 g/mol. The summed E-state index contributed by atoms with van der Waals surface area (Å²) in [5, 5.41) is 11.0. The highest BCUT2D eigenvalue weighted by Crippen LogP contribution is 2.22. The molecule has 0 saturated heterocycles. The van der Waals surface area contributed by atoms with E-state index in [9.17, 15) is 9.59 Å². The van der Waals surface area contributed by atoms with Gasteiger partial charge in [-0.1, -0.05) is 29.0 Å². The van der Waals surface area contributed by atoms with E-state index in [4.69, 9.17) is 0 Å². The van der Waals surface area contributed by atoms with Gasteiger partial charge in [-0.25, -0.2) is 4.98 Å². The quantitative estimate of drug-likeness (QED) is 0.551. The molecule has 2 aromatic carbocycles. The molecule has 4 rings (SSSR count). The predicted molar refractivity (Wildman–Crippen MR) is 120 cm³/mol. The highest BCUT2D eigenvalue weighted by molar-refractivity contribution is 5.92. The Balaban J connectivity index is 1.63. The average Bonchev–Trinajstić information content (AvgIpc) is 3.14. The van der Waals surface area contributed by atoms with Crippen LogP contribution >= 0.6 is 0 Å². The molecule has 0 aliphatic carbocycles. The van der Waals surface area contributed by atoms with E-state index < -0.39 is 5.56 Å². The molecular formula is C23H24N6O2. The topological polar surface area (TPSA) is 94.7 Å². The fourth-order valence-corrected chi connectivity index (χ4v) is 3.70. The SMILES string of the molecule is Cc1cc(C)c(NC(=O)Cn2cnc3c(nnn3-c3ccc(C)c(C)c3)c2=O)c(C)c1. The summed E-state index contributed by atoms with van der Waals surface area (Å²) >= 11 is 0. The first kappa shape index (κ1) is 20.5. The normalized spacial score (nSPS) is 11.1. The van der Waals surface area contributed by atoms with Gasteiger partial charge >= 0.3 is 0 Å². The van der Waals surface area contributed by atoms with Crippen LogP contribution < -0.4 is 10.9 Å². The van der Waals surface area contributed by atoms with Crippen LogP contribution in [0.25, 0.3) is 16.9 Å². The number of rotatable bonds is 4. The molecule has 0 aliphatic rings. The minimum atomic E-state index is -0.410. The summed E-state index contributed by atoms with van der Waals surface area (Å²) in [6, 6.07) is 9.87. The number of carbonyl (C=O) groups excluding carboxylic acids is 1. The zero-order valence-electron chi connectivity index (χ0n) is 18.2. The maximum atomic E-state index is 12.9.